The molecule has 0 radical (unpaired) electrons. The number of benzene rings is 1. The van der Waals surface area contributed by atoms with Crippen molar-refractivity contribution < 1.29 is 22.4 Å². The number of hydrogen-bond acceptors (Lipinski definition) is 7. The van der Waals surface area contributed by atoms with E-state index in [1.165, 1.54) is 30.3 Å². The van der Waals surface area contributed by atoms with E-state index in [0.29, 0.717) is 0 Å². The van der Waals surface area contributed by atoms with Gasteiger partial charge in [0.1, 0.15) is 19.2 Å². The van der Waals surface area contributed by atoms with Crippen molar-refractivity contribution in [2.75, 3.05) is 5.32 Å². The number of carbonyl (C=O) groups excluding carboxylic acids is 1. The van der Waals surface area contributed by atoms with Crippen LogP contribution in [-0.4, -0.2) is 36.1 Å². The second-order valence-corrected chi connectivity index (χ2v) is 7.22. The van der Waals surface area contributed by atoms with E-state index in [4.69, 9.17) is 16.0 Å². The first kappa shape index (κ1) is 20.1. The lowest BCUT2D eigenvalue weighted by atomic mass is 10.1. The highest BCUT2D eigenvalue weighted by atomic mass is 35.5. The van der Waals surface area contributed by atoms with E-state index in [9.17, 15) is 18.0 Å². The maximum atomic E-state index is 13.1. The molecule has 3 aromatic rings. The predicted molar refractivity (Wildman–Crippen MR) is 93.8 cm³/mol. The summed E-state index contributed by atoms with van der Waals surface area (Å²) in [7, 11) is 0. The number of nitrogens with one attached hydrogen (secondary N) is 1. The molecule has 0 spiro atoms. The van der Waals surface area contributed by atoms with Gasteiger partial charge >= 0.3 is 6.18 Å². The summed E-state index contributed by atoms with van der Waals surface area (Å²) in [5.74, 6) is -0.411. The first-order chi connectivity index (χ1) is 13.2. The molecule has 1 N–H and O–H groups in total. The molecule has 0 aliphatic carbocycles. The Morgan fingerprint density at radius 2 is 2.18 bits per heavy atom. The predicted octanol–water partition coefficient (Wildman–Crippen LogP) is 3.50. The molecule has 28 heavy (non-hydrogen) atoms. The number of rotatable bonds is 6. The molecule has 2 aromatic heterocycles. The van der Waals surface area contributed by atoms with Gasteiger partial charge in [0.15, 0.2) is 0 Å². The third-order valence-electron chi connectivity index (χ3n) is 3.40. The highest BCUT2D eigenvalue weighted by Gasteiger charge is 2.34. The molecule has 3 rings (SSSR count). The fraction of sp³-hybridized carbons (Fsp3) is 0.267. The summed E-state index contributed by atoms with van der Waals surface area (Å²) in [6.45, 7) is 1.71. The summed E-state index contributed by atoms with van der Waals surface area (Å²) < 4.78 is 46.2. The van der Waals surface area contributed by atoms with Crippen LogP contribution < -0.4 is 5.32 Å². The van der Waals surface area contributed by atoms with E-state index in [2.05, 4.69) is 25.6 Å². The van der Waals surface area contributed by atoms with Crippen molar-refractivity contribution in [1.29, 1.82) is 0 Å². The van der Waals surface area contributed by atoms with Gasteiger partial charge in [-0.1, -0.05) is 23.4 Å². The Balaban J connectivity index is 1.65. The first-order valence-electron chi connectivity index (χ1n) is 7.71. The van der Waals surface area contributed by atoms with E-state index in [0.717, 1.165) is 23.9 Å². The summed E-state index contributed by atoms with van der Waals surface area (Å²) in [6.07, 6.45) is -1.84. The van der Waals surface area contributed by atoms with E-state index in [1.807, 2.05) is 0 Å². The van der Waals surface area contributed by atoms with Crippen molar-refractivity contribution in [1.82, 2.24) is 25.0 Å². The molecule has 1 atom stereocenters. The van der Waals surface area contributed by atoms with Gasteiger partial charge in [0, 0.05) is 5.02 Å². The molecule has 0 fully saturated rings. The van der Waals surface area contributed by atoms with Crippen LogP contribution in [0.15, 0.2) is 40.5 Å². The average molecular weight is 433 g/mol. The number of anilines is 1. The lowest BCUT2D eigenvalue weighted by Gasteiger charge is -2.15. The molecule has 13 heteroatoms. The maximum Gasteiger partial charge on any atom is 0.418 e. The highest BCUT2D eigenvalue weighted by Crippen LogP contribution is 2.37. The van der Waals surface area contributed by atoms with Crippen LogP contribution in [0.25, 0.3) is 0 Å². The van der Waals surface area contributed by atoms with Gasteiger partial charge in [-0.05, 0) is 25.1 Å². The van der Waals surface area contributed by atoms with Crippen LogP contribution in [0.1, 0.15) is 18.4 Å². The minimum absolute atomic E-state index is 0.0847. The smallest absolute Gasteiger partial charge is 0.414 e. The highest BCUT2D eigenvalue weighted by molar-refractivity contribution is 8.00. The molecular weight excluding hydrogens is 421 g/mol. The minimum atomic E-state index is -4.66. The second kappa shape index (κ2) is 8.19. The molecule has 1 amide bonds. The maximum absolute atomic E-state index is 13.1. The second-order valence-electron chi connectivity index (χ2n) is 5.49. The molecule has 0 saturated heterocycles. The standard InChI is InChI=1S/C15H12ClF3N6O2S/c1-8(28-14-24-23-12(27-14)5-25-7-20-6-21-25)13(26)22-11-3-2-9(16)4-10(11)15(17,18)19/h2-4,6-8H,5H2,1H3,(H,22,26). The SMILES string of the molecule is CC(Sc1nnc(Cn2cncn2)o1)C(=O)Nc1ccc(Cl)cc1C(F)(F)F. The molecule has 2 heterocycles. The first-order valence-corrected chi connectivity index (χ1v) is 8.97. The van der Waals surface area contributed by atoms with Crippen molar-refractivity contribution in [3.05, 3.63) is 47.3 Å². The minimum Gasteiger partial charge on any atom is -0.414 e. The number of thioether (sulfide) groups is 1. The molecule has 1 aromatic carbocycles. The summed E-state index contributed by atoms with van der Waals surface area (Å²) >= 11 is 6.54. The normalized spacial score (nSPS) is 12.8. The van der Waals surface area contributed by atoms with Crippen LogP contribution in [0.2, 0.25) is 5.02 Å². The Morgan fingerprint density at radius 1 is 1.39 bits per heavy atom. The van der Waals surface area contributed by atoms with Crippen LogP contribution in [-0.2, 0) is 17.5 Å². The number of hydrogen-bond donors (Lipinski definition) is 1. The van der Waals surface area contributed by atoms with Gasteiger partial charge in [0.2, 0.25) is 11.8 Å². The number of alkyl halides is 3. The van der Waals surface area contributed by atoms with Crippen LogP contribution in [0.5, 0.6) is 0 Å². The van der Waals surface area contributed by atoms with Gasteiger partial charge in [-0.2, -0.15) is 18.3 Å². The largest absolute Gasteiger partial charge is 0.418 e. The molecule has 0 bridgehead atoms. The van der Waals surface area contributed by atoms with Crippen molar-refractivity contribution in [3.8, 4) is 0 Å². The summed E-state index contributed by atoms with van der Waals surface area (Å²) in [6, 6.07) is 3.12. The Kier molecular flexibility index (Phi) is 5.89. The number of nitrogens with zero attached hydrogens (tertiary/aromatic N) is 5. The van der Waals surface area contributed by atoms with Crippen molar-refractivity contribution in [2.24, 2.45) is 0 Å². The molecule has 1 unspecified atom stereocenters. The Hall–Kier alpha value is -2.60. The number of halogens is 4. The van der Waals surface area contributed by atoms with Crippen LogP contribution >= 0.6 is 23.4 Å². The Labute approximate surface area is 165 Å². The summed E-state index contributed by atoms with van der Waals surface area (Å²) in [5, 5.41) is 13.0. The zero-order valence-corrected chi connectivity index (χ0v) is 15.7. The van der Waals surface area contributed by atoms with Gasteiger partial charge < -0.3 is 9.73 Å². The van der Waals surface area contributed by atoms with Gasteiger partial charge in [0.25, 0.3) is 5.22 Å². The zero-order valence-electron chi connectivity index (χ0n) is 14.1. The van der Waals surface area contributed by atoms with Gasteiger partial charge in [-0.15, -0.1) is 10.2 Å². The van der Waals surface area contributed by atoms with Crippen molar-refractivity contribution in [3.63, 3.8) is 0 Å². The van der Waals surface area contributed by atoms with Gasteiger partial charge in [-0.3, -0.25) is 4.79 Å². The average Bonchev–Trinajstić information content (AvgIpc) is 3.28. The fourth-order valence-corrected chi connectivity index (χ4v) is 2.97. The third kappa shape index (κ3) is 5.01. The Morgan fingerprint density at radius 3 is 2.86 bits per heavy atom. The summed E-state index contributed by atoms with van der Waals surface area (Å²) in [4.78, 5) is 16.1. The number of carbonyl (C=O) groups is 1. The molecule has 0 saturated carbocycles. The molecule has 8 nitrogen and oxygen atoms in total. The lowest BCUT2D eigenvalue weighted by molar-refractivity contribution is -0.137. The van der Waals surface area contributed by atoms with E-state index in [1.54, 1.807) is 0 Å². The van der Waals surface area contributed by atoms with Crippen molar-refractivity contribution in [2.45, 2.75) is 30.1 Å². The van der Waals surface area contributed by atoms with Gasteiger partial charge in [0.05, 0.1) is 16.5 Å². The van der Waals surface area contributed by atoms with Crippen LogP contribution in [0, 0.1) is 0 Å². The topological polar surface area (TPSA) is 98.7 Å². The van der Waals surface area contributed by atoms with E-state index >= 15 is 0 Å². The molecule has 0 aliphatic heterocycles. The monoisotopic (exact) mass is 432 g/mol. The Bertz CT molecular complexity index is 963. The van der Waals surface area contributed by atoms with E-state index in [-0.39, 0.29) is 28.4 Å². The molecule has 0 aliphatic rings. The summed E-state index contributed by atoms with van der Waals surface area (Å²) in [5.41, 5.74) is -1.41. The van der Waals surface area contributed by atoms with Gasteiger partial charge in [-0.25, -0.2) is 9.67 Å². The van der Waals surface area contributed by atoms with Crippen LogP contribution in [0.4, 0.5) is 18.9 Å². The number of amides is 1. The fourth-order valence-electron chi connectivity index (χ4n) is 2.10. The molecular formula is C15H12ClF3N6O2S. The van der Waals surface area contributed by atoms with E-state index < -0.39 is 22.9 Å². The number of aromatic nitrogens is 5. The zero-order chi connectivity index (χ0) is 20.3. The quantitative estimate of drug-likeness (QED) is 0.595. The van der Waals surface area contributed by atoms with Crippen LogP contribution in [0.3, 0.4) is 0 Å². The van der Waals surface area contributed by atoms with Crippen molar-refractivity contribution >= 4 is 35.0 Å². The lowest BCUT2D eigenvalue weighted by Crippen LogP contribution is -2.24. The molecule has 148 valence electrons. The third-order valence-corrected chi connectivity index (χ3v) is 4.57.